The van der Waals surface area contributed by atoms with Gasteiger partial charge in [-0.1, -0.05) is 6.42 Å². The number of piperidine rings is 2. The number of likely N-dealkylation sites (N-methyl/N-ethyl adjacent to an activating group) is 1. The van der Waals surface area contributed by atoms with Gasteiger partial charge in [0.1, 0.15) is 0 Å². The van der Waals surface area contributed by atoms with E-state index < -0.39 is 0 Å². The standard InChI is InChI=1S/C12H23N3O/c1-13-12(16)11-6-2-3-8-15(11)10-5-4-7-14-9-10/h10-11,14H,2-9H2,1H3,(H,13,16). The maximum absolute atomic E-state index is 11.8. The van der Waals surface area contributed by atoms with Crippen LogP contribution in [0.25, 0.3) is 0 Å². The average molecular weight is 225 g/mol. The zero-order chi connectivity index (χ0) is 11.4. The highest BCUT2D eigenvalue weighted by Gasteiger charge is 2.33. The number of nitrogens with one attached hydrogen (secondary N) is 2. The summed E-state index contributed by atoms with van der Waals surface area (Å²) in [7, 11) is 1.74. The lowest BCUT2D eigenvalue weighted by molar-refractivity contribution is -0.128. The second-order valence-electron chi connectivity index (χ2n) is 4.86. The predicted octanol–water partition coefficient (Wildman–Crippen LogP) is 0.339. The summed E-state index contributed by atoms with van der Waals surface area (Å²) in [6, 6.07) is 0.681. The summed E-state index contributed by atoms with van der Waals surface area (Å²) in [6.45, 7) is 3.27. The Morgan fingerprint density at radius 1 is 1.31 bits per heavy atom. The van der Waals surface area contributed by atoms with E-state index in [1.165, 1.54) is 25.7 Å². The number of carbonyl (C=O) groups excluding carboxylic acids is 1. The van der Waals surface area contributed by atoms with Gasteiger partial charge in [0.15, 0.2) is 0 Å². The lowest BCUT2D eigenvalue weighted by Crippen LogP contribution is -2.56. The number of amides is 1. The second kappa shape index (κ2) is 5.64. The molecule has 0 bridgehead atoms. The quantitative estimate of drug-likeness (QED) is 0.712. The number of nitrogens with zero attached hydrogens (tertiary/aromatic N) is 1. The Morgan fingerprint density at radius 3 is 2.88 bits per heavy atom. The third-order valence-electron chi connectivity index (χ3n) is 3.83. The highest BCUT2D eigenvalue weighted by molar-refractivity contribution is 5.81. The van der Waals surface area contributed by atoms with E-state index in [1.54, 1.807) is 7.05 Å². The van der Waals surface area contributed by atoms with Crippen molar-refractivity contribution in [1.29, 1.82) is 0 Å². The van der Waals surface area contributed by atoms with Gasteiger partial charge in [0, 0.05) is 19.6 Å². The van der Waals surface area contributed by atoms with Gasteiger partial charge in [0.2, 0.25) is 5.91 Å². The Kier molecular flexibility index (Phi) is 4.18. The number of hydrogen-bond acceptors (Lipinski definition) is 3. The van der Waals surface area contributed by atoms with Gasteiger partial charge in [0.25, 0.3) is 0 Å². The van der Waals surface area contributed by atoms with E-state index in [-0.39, 0.29) is 11.9 Å². The summed E-state index contributed by atoms with van der Waals surface area (Å²) in [5, 5.41) is 6.24. The maximum Gasteiger partial charge on any atom is 0.237 e. The molecule has 4 nitrogen and oxygen atoms in total. The van der Waals surface area contributed by atoms with Crippen molar-refractivity contribution in [3.8, 4) is 0 Å². The molecule has 2 unspecified atom stereocenters. The van der Waals surface area contributed by atoms with Crippen LogP contribution in [0.1, 0.15) is 32.1 Å². The van der Waals surface area contributed by atoms with Gasteiger partial charge in [-0.2, -0.15) is 0 Å². The predicted molar refractivity (Wildman–Crippen MR) is 64.3 cm³/mol. The Balaban J connectivity index is 2.00. The zero-order valence-electron chi connectivity index (χ0n) is 10.2. The van der Waals surface area contributed by atoms with Crippen LogP contribution in [0.4, 0.5) is 0 Å². The molecule has 2 heterocycles. The second-order valence-corrected chi connectivity index (χ2v) is 4.86. The maximum atomic E-state index is 11.8. The van der Waals surface area contributed by atoms with Crippen molar-refractivity contribution in [3.63, 3.8) is 0 Å². The van der Waals surface area contributed by atoms with Crippen molar-refractivity contribution in [2.24, 2.45) is 0 Å². The molecule has 1 amide bonds. The largest absolute Gasteiger partial charge is 0.358 e. The van der Waals surface area contributed by atoms with Crippen molar-refractivity contribution in [2.45, 2.75) is 44.2 Å². The van der Waals surface area contributed by atoms with Crippen molar-refractivity contribution in [1.82, 2.24) is 15.5 Å². The molecule has 2 aliphatic rings. The Bertz CT molecular complexity index is 238. The molecule has 92 valence electrons. The molecule has 0 aromatic rings. The zero-order valence-corrected chi connectivity index (χ0v) is 10.2. The van der Waals surface area contributed by atoms with Crippen LogP contribution in [0.3, 0.4) is 0 Å². The van der Waals surface area contributed by atoms with Gasteiger partial charge >= 0.3 is 0 Å². The normalized spacial score (nSPS) is 32.3. The minimum Gasteiger partial charge on any atom is -0.358 e. The highest BCUT2D eigenvalue weighted by Crippen LogP contribution is 2.22. The number of rotatable bonds is 2. The molecule has 0 radical (unpaired) electrons. The van der Waals surface area contributed by atoms with Gasteiger partial charge in [-0.3, -0.25) is 9.69 Å². The molecular weight excluding hydrogens is 202 g/mol. The molecule has 2 rings (SSSR count). The third-order valence-corrected chi connectivity index (χ3v) is 3.83. The van der Waals surface area contributed by atoms with Crippen LogP contribution in [0.5, 0.6) is 0 Å². The SMILES string of the molecule is CNC(=O)C1CCCCN1C1CCCNC1. The van der Waals surface area contributed by atoms with Crippen LogP contribution in [-0.4, -0.2) is 49.6 Å². The lowest BCUT2D eigenvalue weighted by Gasteiger charge is -2.41. The monoisotopic (exact) mass is 225 g/mol. The fourth-order valence-electron chi connectivity index (χ4n) is 2.96. The van der Waals surface area contributed by atoms with E-state index in [0.29, 0.717) is 6.04 Å². The Hall–Kier alpha value is -0.610. The van der Waals surface area contributed by atoms with Gasteiger partial charge in [0.05, 0.1) is 6.04 Å². The van der Waals surface area contributed by atoms with Crippen molar-refractivity contribution >= 4 is 5.91 Å². The van der Waals surface area contributed by atoms with Crippen LogP contribution in [0, 0.1) is 0 Å². The molecule has 0 spiro atoms. The summed E-state index contributed by atoms with van der Waals surface area (Å²) >= 11 is 0. The molecule has 2 fully saturated rings. The Labute approximate surface area is 97.8 Å². The van der Waals surface area contributed by atoms with Crippen LogP contribution in [-0.2, 0) is 4.79 Å². The van der Waals surface area contributed by atoms with Crippen molar-refractivity contribution in [3.05, 3.63) is 0 Å². The molecule has 2 aliphatic heterocycles. The summed E-state index contributed by atoms with van der Waals surface area (Å²) < 4.78 is 0. The van der Waals surface area contributed by atoms with Crippen molar-refractivity contribution < 1.29 is 4.79 Å². The van der Waals surface area contributed by atoms with E-state index in [2.05, 4.69) is 15.5 Å². The minimum atomic E-state index is 0.114. The van der Waals surface area contributed by atoms with Gasteiger partial charge in [-0.05, 0) is 38.8 Å². The molecular formula is C12H23N3O. The van der Waals surface area contributed by atoms with E-state index in [1.807, 2.05) is 0 Å². The first kappa shape index (κ1) is 11.9. The smallest absolute Gasteiger partial charge is 0.237 e. The molecule has 2 atom stereocenters. The van der Waals surface area contributed by atoms with Gasteiger partial charge < -0.3 is 10.6 Å². The number of hydrogen-bond donors (Lipinski definition) is 2. The first-order valence-corrected chi connectivity index (χ1v) is 6.51. The molecule has 0 aliphatic carbocycles. The van der Waals surface area contributed by atoms with Crippen LogP contribution < -0.4 is 10.6 Å². The molecule has 2 N–H and O–H groups in total. The lowest BCUT2D eigenvalue weighted by atomic mass is 9.96. The van der Waals surface area contributed by atoms with Gasteiger partial charge in [-0.25, -0.2) is 0 Å². The molecule has 0 aromatic heterocycles. The first-order chi connectivity index (χ1) is 7.83. The fraction of sp³-hybridized carbons (Fsp3) is 0.917. The summed E-state index contributed by atoms with van der Waals surface area (Å²) in [5.74, 6) is 0.199. The third kappa shape index (κ3) is 2.55. The van der Waals surface area contributed by atoms with E-state index in [0.717, 1.165) is 26.1 Å². The molecule has 2 saturated heterocycles. The molecule has 16 heavy (non-hydrogen) atoms. The van der Waals surface area contributed by atoms with E-state index >= 15 is 0 Å². The first-order valence-electron chi connectivity index (χ1n) is 6.51. The molecule has 0 saturated carbocycles. The molecule has 4 heteroatoms. The van der Waals surface area contributed by atoms with E-state index in [9.17, 15) is 4.79 Å². The summed E-state index contributed by atoms with van der Waals surface area (Å²) in [5.41, 5.74) is 0. The topological polar surface area (TPSA) is 44.4 Å². The molecule has 0 aromatic carbocycles. The van der Waals surface area contributed by atoms with E-state index in [4.69, 9.17) is 0 Å². The fourth-order valence-corrected chi connectivity index (χ4v) is 2.96. The summed E-state index contributed by atoms with van der Waals surface area (Å²) in [4.78, 5) is 14.3. The van der Waals surface area contributed by atoms with Gasteiger partial charge in [-0.15, -0.1) is 0 Å². The number of carbonyl (C=O) groups is 1. The highest BCUT2D eigenvalue weighted by atomic mass is 16.2. The summed E-state index contributed by atoms with van der Waals surface area (Å²) in [6.07, 6.45) is 5.93. The number of likely N-dealkylation sites (tertiary alicyclic amines) is 1. The Morgan fingerprint density at radius 2 is 2.19 bits per heavy atom. The minimum absolute atomic E-state index is 0.114. The van der Waals surface area contributed by atoms with Crippen LogP contribution in [0.15, 0.2) is 0 Å². The van der Waals surface area contributed by atoms with Crippen LogP contribution >= 0.6 is 0 Å². The van der Waals surface area contributed by atoms with Crippen LogP contribution in [0.2, 0.25) is 0 Å². The van der Waals surface area contributed by atoms with Crippen molar-refractivity contribution in [2.75, 3.05) is 26.7 Å². The average Bonchev–Trinajstić information content (AvgIpc) is 2.39.